The molecule has 1 radical (unpaired) electrons. The van der Waals surface area contributed by atoms with Gasteiger partial charge in [0.1, 0.15) is 0 Å². The first kappa shape index (κ1) is 8.90. The lowest BCUT2D eigenvalue weighted by molar-refractivity contribution is 0.0792. The number of aryl methyl sites for hydroxylation is 1. The van der Waals surface area contributed by atoms with Gasteiger partial charge in [-0.3, -0.25) is 0 Å². The molecule has 1 rings (SSSR count). The fraction of sp³-hybridized carbons (Fsp3) is 0.375. The molecule has 0 aliphatic carbocycles. The second-order valence-corrected chi connectivity index (χ2v) is 2.26. The predicted molar refractivity (Wildman–Crippen MR) is 39.3 cm³/mol. The minimum absolute atomic E-state index is 0.244. The molecule has 65 valence electrons. The summed E-state index contributed by atoms with van der Waals surface area (Å²) in [6.07, 6.45) is -1.08. The molecule has 1 heterocycles. The molecule has 0 fully saturated rings. The molecule has 0 aromatic carbocycles. The lowest BCUT2D eigenvalue weighted by Crippen LogP contribution is -2.08. The Kier molecular flexibility index (Phi) is 2.96. The molecule has 0 unspecified atom stereocenters. The van der Waals surface area contributed by atoms with Crippen LogP contribution in [0.4, 0.5) is 8.78 Å². The monoisotopic (exact) mass is 172 g/mol. The summed E-state index contributed by atoms with van der Waals surface area (Å²) >= 11 is 0. The van der Waals surface area contributed by atoms with Gasteiger partial charge < -0.3 is 4.74 Å². The number of pyridine rings is 1. The van der Waals surface area contributed by atoms with Gasteiger partial charge in [0, 0.05) is 17.8 Å². The van der Waals surface area contributed by atoms with E-state index >= 15 is 0 Å². The maximum atomic E-state index is 11.7. The maximum Gasteiger partial charge on any atom is 0.272 e. The smallest absolute Gasteiger partial charge is 0.272 e. The van der Waals surface area contributed by atoms with Gasteiger partial charge in [0.2, 0.25) is 5.88 Å². The summed E-state index contributed by atoms with van der Waals surface area (Å²) in [4.78, 5) is 3.74. The van der Waals surface area contributed by atoms with Gasteiger partial charge in [0.05, 0.1) is 0 Å². The summed E-state index contributed by atoms with van der Waals surface area (Å²) in [5.74, 6) is 0.244. The first-order valence-electron chi connectivity index (χ1n) is 3.44. The van der Waals surface area contributed by atoms with Crippen LogP contribution in [0.5, 0.6) is 5.88 Å². The van der Waals surface area contributed by atoms with Crippen molar-refractivity contribution in [3.63, 3.8) is 0 Å². The minimum atomic E-state index is -2.46. The van der Waals surface area contributed by atoms with Crippen molar-refractivity contribution in [3.05, 3.63) is 23.9 Å². The van der Waals surface area contributed by atoms with E-state index in [4.69, 9.17) is 4.74 Å². The molecule has 1 aromatic heterocycles. The standard InChI is InChI=1S/C8H8F2NO/c1-6-3-2-4-11-8(6)12-5-7(9)10/h3-4,7H,5H2,1H3. The molecular weight excluding hydrogens is 164 g/mol. The zero-order valence-electron chi connectivity index (χ0n) is 6.55. The van der Waals surface area contributed by atoms with Gasteiger partial charge in [-0.2, -0.15) is 0 Å². The van der Waals surface area contributed by atoms with Gasteiger partial charge >= 0.3 is 0 Å². The molecule has 0 N–H and O–H groups in total. The van der Waals surface area contributed by atoms with Gasteiger partial charge in [-0.1, -0.05) is 0 Å². The van der Waals surface area contributed by atoms with Crippen molar-refractivity contribution in [1.82, 2.24) is 4.98 Å². The SMILES string of the molecule is Cc1c[c]cnc1OCC(F)F. The van der Waals surface area contributed by atoms with E-state index < -0.39 is 13.0 Å². The van der Waals surface area contributed by atoms with Crippen LogP contribution in [0.1, 0.15) is 5.56 Å². The number of alkyl halides is 2. The number of nitrogens with zero attached hydrogens (tertiary/aromatic N) is 1. The molecule has 0 spiro atoms. The van der Waals surface area contributed by atoms with Crippen LogP contribution in [0, 0.1) is 13.0 Å². The largest absolute Gasteiger partial charge is 0.471 e. The molecular formula is C8H8F2NO. The number of hydrogen-bond acceptors (Lipinski definition) is 2. The Morgan fingerprint density at radius 1 is 1.67 bits per heavy atom. The van der Waals surface area contributed by atoms with Crippen LogP contribution < -0.4 is 4.74 Å². The Labute approximate surface area is 69.2 Å². The fourth-order valence-electron chi connectivity index (χ4n) is 0.715. The molecule has 4 heteroatoms. The molecule has 0 aliphatic heterocycles. The molecule has 0 bridgehead atoms. The van der Waals surface area contributed by atoms with E-state index in [-0.39, 0.29) is 5.88 Å². The van der Waals surface area contributed by atoms with Gasteiger partial charge in [0.15, 0.2) is 6.61 Å². The topological polar surface area (TPSA) is 22.1 Å². The molecule has 2 nitrogen and oxygen atoms in total. The number of ether oxygens (including phenoxy) is 1. The number of aromatic nitrogens is 1. The van der Waals surface area contributed by atoms with Crippen molar-refractivity contribution in [3.8, 4) is 5.88 Å². The zero-order valence-corrected chi connectivity index (χ0v) is 6.55. The van der Waals surface area contributed by atoms with Crippen molar-refractivity contribution in [2.24, 2.45) is 0 Å². The van der Waals surface area contributed by atoms with Crippen LogP contribution in [0.25, 0.3) is 0 Å². The Morgan fingerprint density at radius 3 is 3.00 bits per heavy atom. The zero-order chi connectivity index (χ0) is 8.97. The highest BCUT2D eigenvalue weighted by atomic mass is 19.3. The second kappa shape index (κ2) is 3.99. The molecule has 1 aromatic rings. The average Bonchev–Trinajstić information content (AvgIpc) is 2.03. The van der Waals surface area contributed by atoms with Crippen molar-refractivity contribution < 1.29 is 13.5 Å². The van der Waals surface area contributed by atoms with Crippen LogP contribution in [0.2, 0.25) is 0 Å². The lowest BCUT2D eigenvalue weighted by Gasteiger charge is -2.05. The Bertz CT molecular complexity index is 253. The van der Waals surface area contributed by atoms with E-state index in [1.165, 1.54) is 6.20 Å². The van der Waals surface area contributed by atoms with Crippen LogP contribution >= 0.6 is 0 Å². The molecule has 0 aliphatic rings. The van der Waals surface area contributed by atoms with E-state index in [1.807, 2.05) is 0 Å². The van der Waals surface area contributed by atoms with Crippen LogP contribution in [0.15, 0.2) is 12.3 Å². The molecule has 0 amide bonds. The van der Waals surface area contributed by atoms with Gasteiger partial charge in [-0.25, -0.2) is 13.8 Å². The third kappa shape index (κ3) is 2.45. The van der Waals surface area contributed by atoms with E-state index in [0.717, 1.165) is 0 Å². The van der Waals surface area contributed by atoms with E-state index in [9.17, 15) is 8.78 Å². The summed E-state index contributed by atoms with van der Waals surface area (Å²) in [7, 11) is 0. The van der Waals surface area contributed by atoms with Crippen LogP contribution in [-0.4, -0.2) is 18.0 Å². The summed E-state index contributed by atoms with van der Waals surface area (Å²) in [6.45, 7) is 1.11. The Morgan fingerprint density at radius 2 is 2.42 bits per heavy atom. The van der Waals surface area contributed by atoms with Crippen molar-refractivity contribution in [2.45, 2.75) is 13.3 Å². The number of hydrogen-bond donors (Lipinski definition) is 0. The molecule has 12 heavy (non-hydrogen) atoms. The summed E-state index contributed by atoms with van der Waals surface area (Å²) < 4.78 is 28.1. The summed E-state index contributed by atoms with van der Waals surface area (Å²) in [5.41, 5.74) is 0.707. The minimum Gasteiger partial charge on any atom is -0.471 e. The molecule has 0 saturated carbocycles. The van der Waals surface area contributed by atoms with E-state index in [2.05, 4.69) is 11.1 Å². The fourth-order valence-corrected chi connectivity index (χ4v) is 0.715. The highest BCUT2D eigenvalue weighted by Crippen LogP contribution is 2.12. The first-order valence-corrected chi connectivity index (χ1v) is 3.44. The van der Waals surface area contributed by atoms with E-state index in [1.54, 1.807) is 13.0 Å². The predicted octanol–water partition coefficient (Wildman–Crippen LogP) is 1.83. The van der Waals surface area contributed by atoms with Gasteiger partial charge in [-0.15, -0.1) is 0 Å². The molecule has 0 atom stereocenters. The van der Waals surface area contributed by atoms with Gasteiger partial charge in [-0.05, 0) is 13.0 Å². The summed E-state index contributed by atoms with van der Waals surface area (Å²) in [6, 6.07) is 4.34. The quantitative estimate of drug-likeness (QED) is 0.693. The number of rotatable bonds is 3. The van der Waals surface area contributed by atoms with Crippen LogP contribution in [0.3, 0.4) is 0 Å². The van der Waals surface area contributed by atoms with Crippen LogP contribution in [-0.2, 0) is 0 Å². The highest BCUT2D eigenvalue weighted by molar-refractivity contribution is 5.22. The highest BCUT2D eigenvalue weighted by Gasteiger charge is 2.05. The average molecular weight is 172 g/mol. The lowest BCUT2D eigenvalue weighted by atomic mass is 10.3. The van der Waals surface area contributed by atoms with E-state index in [0.29, 0.717) is 5.56 Å². The third-order valence-corrected chi connectivity index (χ3v) is 1.24. The summed E-state index contributed by atoms with van der Waals surface area (Å²) in [5, 5.41) is 0. The Hall–Kier alpha value is -1.19. The first-order chi connectivity index (χ1) is 5.70. The van der Waals surface area contributed by atoms with Crippen molar-refractivity contribution in [2.75, 3.05) is 6.61 Å². The number of halogens is 2. The maximum absolute atomic E-state index is 11.7. The van der Waals surface area contributed by atoms with Crippen molar-refractivity contribution >= 4 is 0 Å². The Balaban J connectivity index is 2.57. The normalized spacial score (nSPS) is 10.3. The van der Waals surface area contributed by atoms with Crippen molar-refractivity contribution in [1.29, 1.82) is 0 Å². The van der Waals surface area contributed by atoms with Gasteiger partial charge in [0.25, 0.3) is 6.43 Å². The third-order valence-electron chi connectivity index (χ3n) is 1.24. The second-order valence-electron chi connectivity index (χ2n) is 2.26. The molecule has 0 saturated heterocycles.